The van der Waals surface area contributed by atoms with Gasteiger partial charge in [0, 0.05) is 16.8 Å². The number of fused-ring (bicyclic) bond motifs is 1. The van der Waals surface area contributed by atoms with Crippen LogP contribution >= 0.6 is 0 Å². The molecule has 6 nitrogen and oxygen atoms in total. The Bertz CT molecular complexity index is 1340. The van der Waals surface area contributed by atoms with Crippen LogP contribution in [-0.4, -0.2) is 27.6 Å². The molecule has 158 valence electrons. The van der Waals surface area contributed by atoms with Gasteiger partial charge in [-0.25, -0.2) is 0 Å². The van der Waals surface area contributed by atoms with Gasteiger partial charge in [0.2, 0.25) is 0 Å². The van der Waals surface area contributed by atoms with Gasteiger partial charge in [-0.1, -0.05) is 18.1 Å². The lowest BCUT2D eigenvalue weighted by atomic mass is 10.1. The molecule has 0 saturated heterocycles. The van der Waals surface area contributed by atoms with Crippen molar-refractivity contribution in [1.82, 2.24) is 20.5 Å². The third-order valence-corrected chi connectivity index (χ3v) is 4.92. The van der Waals surface area contributed by atoms with Crippen molar-refractivity contribution in [3.8, 4) is 12.3 Å². The Morgan fingerprint density at radius 3 is 2.78 bits per heavy atom. The molecule has 2 aromatic carbocycles. The highest BCUT2D eigenvalue weighted by Gasteiger charge is 2.11. The van der Waals surface area contributed by atoms with Gasteiger partial charge in [-0.15, -0.1) is 6.42 Å². The number of benzene rings is 2. The molecule has 0 aliphatic carbocycles. The highest BCUT2D eigenvalue weighted by molar-refractivity contribution is 6.00. The molecule has 0 saturated carbocycles. The third kappa shape index (κ3) is 4.68. The number of carbonyl (C=O) groups excluding carboxylic acids is 1. The molecule has 0 atom stereocenters. The average Bonchev–Trinajstić information content (AvgIpc) is 3.18. The second-order valence-corrected chi connectivity index (χ2v) is 7.47. The molecule has 0 spiro atoms. The van der Waals surface area contributed by atoms with Gasteiger partial charge in [0.25, 0.3) is 5.91 Å². The number of para-hydroxylation sites is 1. The van der Waals surface area contributed by atoms with Crippen molar-refractivity contribution in [1.29, 1.82) is 0 Å². The van der Waals surface area contributed by atoms with E-state index in [0.29, 0.717) is 11.3 Å². The molecular weight excluding hydrogens is 398 g/mol. The summed E-state index contributed by atoms with van der Waals surface area (Å²) in [6.07, 6.45) is 9.16. The van der Waals surface area contributed by atoms with Crippen molar-refractivity contribution in [2.24, 2.45) is 0 Å². The summed E-state index contributed by atoms with van der Waals surface area (Å²) in [5.74, 6) is 2.19. The Hall–Kier alpha value is -4.37. The molecule has 2 aromatic heterocycles. The molecule has 4 aromatic rings. The number of hydrogen-bond donors (Lipinski definition) is 3. The Kier molecular flexibility index (Phi) is 6.00. The molecule has 0 aliphatic heterocycles. The number of nitrogens with zero attached hydrogens (tertiary/aromatic N) is 2. The fraction of sp³-hybridized carbons (Fsp3) is 0.115. The number of H-pyrrole nitrogens is 1. The summed E-state index contributed by atoms with van der Waals surface area (Å²) in [5.41, 5.74) is 6.84. The van der Waals surface area contributed by atoms with Crippen LogP contribution in [0.2, 0.25) is 0 Å². The number of aromatic amines is 1. The zero-order valence-corrected chi connectivity index (χ0v) is 17.9. The molecule has 0 aliphatic rings. The van der Waals surface area contributed by atoms with Crippen molar-refractivity contribution in [2.45, 2.75) is 13.8 Å². The average molecular weight is 422 g/mol. The molecule has 4 rings (SSSR count). The van der Waals surface area contributed by atoms with Gasteiger partial charge in [0.05, 0.1) is 34.7 Å². The monoisotopic (exact) mass is 421 g/mol. The molecule has 0 fully saturated rings. The molecule has 0 unspecified atom stereocenters. The van der Waals surface area contributed by atoms with Gasteiger partial charge in [-0.3, -0.25) is 14.9 Å². The number of aryl methyl sites for hydroxylation is 2. The first kappa shape index (κ1) is 20.9. The number of amides is 1. The van der Waals surface area contributed by atoms with Gasteiger partial charge in [0.1, 0.15) is 0 Å². The van der Waals surface area contributed by atoms with Crippen LogP contribution in [-0.2, 0) is 0 Å². The smallest absolute Gasteiger partial charge is 0.254 e. The van der Waals surface area contributed by atoms with Gasteiger partial charge in [-0.05, 0) is 74.0 Å². The van der Waals surface area contributed by atoms with E-state index >= 15 is 0 Å². The fourth-order valence-corrected chi connectivity index (χ4v) is 3.54. The third-order valence-electron chi connectivity index (χ3n) is 4.92. The number of nitrogens with one attached hydrogen (secondary N) is 3. The van der Waals surface area contributed by atoms with E-state index in [1.807, 2.05) is 67.6 Å². The van der Waals surface area contributed by atoms with E-state index in [2.05, 4.69) is 38.7 Å². The Labute approximate surface area is 186 Å². The van der Waals surface area contributed by atoms with Gasteiger partial charge < -0.3 is 10.6 Å². The quantitative estimate of drug-likeness (QED) is 0.389. The summed E-state index contributed by atoms with van der Waals surface area (Å²) < 4.78 is 0. The topological polar surface area (TPSA) is 82.7 Å². The zero-order chi connectivity index (χ0) is 22.5. The molecule has 0 bridgehead atoms. The lowest BCUT2D eigenvalue weighted by Crippen LogP contribution is -2.24. The SMILES string of the molecule is C#CCNC(=O)c1ccccc1Nc1ccc2c(C=Cc3cc(C)cc(C)n3)n[nH]c2c1. The molecule has 1 amide bonds. The van der Waals surface area contributed by atoms with E-state index in [1.54, 1.807) is 6.07 Å². The minimum Gasteiger partial charge on any atom is -0.355 e. The number of rotatable bonds is 6. The minimum absolute atomic E-state index is 0.182. The molecule has 0 radical (unpaired) electrons. The van der Waals surface area contributed by atoms with Crippen LogP contribution in [0.25, 0.3) is 23.1 Å². The normalized spacial score (nSPS) is 10.9. The standard InChI is InChI=1S/C26H23N5O/c1-4-13-27-26(32)22-7-5-6-8-23(22)29-20-9-11-21-24(30-31-25(21)16-20)12-10-19-15-17(2)14-18(3)28-19/h1,5-12,14-16,29H,13H2,2-3H3,(H,27,32)(H,30,31). The number of aromatic nitrogens is 3. The number of anilines is 2. The molecule has 2 heterocycles. The van der Waals surface area contributed by atoms with Crippen LogP contribution in [0.4, 0.5) is 11.4 Å². The molecular formula is C26H23N5O. The second kappa shape index (κ2) is 9.19. The first-order chi connectivity index (χ1) is 15.5. The highest BCUT2D eigenvalue weighted by Crippen LogP contribution is 2.26. The van der Waals surface area contributed by atoms with Crippen molar-refractivity contribution < 1.29 is 4.79 Å². The summed E-state index contributed by atoms with van der Waals surface area (Å²) in [4.78, 5) is 16.9. The summed E-state index contributed by atoms with van der Waals surface area (Å²) in [5, 5.41) is 14.5. The number of pyridine rings is 1. The lowest BCUT2D eigenvalue weighted by Gasteiger charge is -2.11. The Morgan fingerprint density at radius 1 is 1.12 bits per heavy atom. The minimum atomic E-state index is -0.221. The molecule has 32 heavy (non-hydrogen) atoms. The van der Waals surface area contributed by atoms with E-state index in [9.17, 15) is 4.79 Å². The summed E-state index contributed by atoms with van der Waals surface area (Å²) in [6, 6.07) is 17.3. The van der Waals surface area contributed by atoms with Crippen LogP contribution < -0.4 is 10.6 Å². The maximum atomic E-state index is 12.4. The van der Waals surface area contributed by atoms with Gasteiger partial charge >= 0.3 is 0 Å². The molecule has 6 heteroatoms. The maximum absolute atomic E-state index is 12.4. The summed E-state index contributed by atoms with van der Waals surface area (Å²) >= 11 is 0. The van der Waals surface area contributed by atoms with Gasteiger partial charge in [0.15, 0.2) is 0 Å². The first-order valence-corrected chi connectivity index (χ1v) is 10.2. The summed E-state index contributed by atoms with van der Waals surface area (Å²) in [6.45, 7) is 4.22. The van der Waals surface area contributed by atoms with Gasteiger partial charge in [-0.2, -0.15) is 5.10 Å². The predicted molar refractivity (Wildman–Crippen MR) is 130 cm³/mol. The maximum Gasteiger partial charge on any atom is 0.254 e. The lowest BCUT2D eigenvalue weighted by molar-refractivity contribution is 0.0959. The van der Waals surface area contributed by atoms with Crippen molar-refractivity contribution in [3.63, 3.8) is 0 Å². The Balaban J connectivity index is 1.57. The van der Waals surface area contributed by atoms with E-state index < -0.39 is 0 Å². The van der Waals surface area contributed by atoms with Crippen LogP contribution in [0, 0.1) is 26.2 Å². The fourth-order valence-electron chi connectivity index (χ4n) is 3.54. The van der Waals surface area contributed by atoms with Crippen LogP contribution in [0.5, 0.6) is 0 Å². The number of terminal acetylenes is 1. The van der Waals surface area contributed by atoms with Crippen LogP contribution in [0.1, 0.15) is 33.0 Å². The number of carbonyl (C=O) groups is 1. The number of hydrogen-bond acceptors (Lipinski definition) is 4. The van der Waals surface area contributed by atoms with Crippen molar-refractivity contribution >= 4 is 40.3 Å². The molecule has 3 N–H and O–H groups in total. The van der Waals surface area contributed by atoms with Crippen molar-refractivity contribution in [3.05, 3.63) is 82.8 Å². The van der Waals surface area contributed by atoms with E-state index in [1.165, 1.54) is 5.56 Å². The predicted octanol–water partition coefficient (Wildman–Crippen LogP) is 4.85. The first-order valence-electron chi connectivity index (χ1n) is 10.2. The van der Waals surface area contributed by atoms with Crippen molar-refractivity contribution in [2.75, 3.05) is 11.9 Å². The Morgan fingerprint density at radius 2 is 1.97 bits per heavy atom. The van der Waals surface area contributed by atoms with E-state index in [4.69, 9.17) is 6.42 Å². The van der Waals surface area contributed by atoms with Crippen LogP contribution in [0.3, 0.4) is 0 Å². The largest absolute Gasteiger partial charge is 0.355 e. The van der Waals surface area contributed by atoms with E-state index in [-0.39, 0.29) is 12.5 Å². The zero-order valence-electron chi connectivity index (χ0n) is 17.9. The van der Waals surface area contributed by atoms with Crippen LogP contribution in [0.15, 0.2) is 54.6 Å². The summed E-state index contributed by atoms with van der Waals surface area (Å²) in [7, 11) is 0. The highest BCUT2D eigenvalue weighted by atomic mass is 16.1. The second-order valence-electron chi connectivity index (χ2n) is 7.47. The van der Waals surface area contributed by atoms with E-state index in [0.717, 1.165) is 33.7 Å².